The number of unbranched alkanes of at least 4 members (excludes halogenated alkanes) is 2. The van der Waals surface area contributed by atoms with Crippen molar-refractivity contribution in [3.05, 3.63) is 65.7 Å². The van der Waals surface area contributed by atoms with Crippen LogP contribution in [0.1, 0.15) is 44.6 Å². The van der Waals surface area contributed by atoms with Crippen molar-refractivity contribution in [1.29, 1.82) is 0 Å². The van der Waals surface area contributed by atoms with E-state index in [9.17, 15) is 9.59 Å². The third-order valence-electron chi connectivity index (χ3n) is 4.52. The Labute approximate surface area is 168 Å². The van der Waals surface area contributed by atoms with Gasteiger partial charge in [0.1, 0.15) is 5.78 Å². The summed E-state index contributed by atoms with van der Waals surface area (Å²) in [5.74, 6) is -0.125. The van der Waals surface area contributed by atoms with Crippen LogP contribution in [0.5, 0.6) is 0 Å². The number of para-hydroxylation sites is 1. The van der Waals surface area contributed by atoms with Crippen molar-refractivity contribution in [2.75, 3.05) is 24.3 Å². The molecule has 4 heteroatoms. The molecule has 0 aliphatic rings. The number of rotatable bonds is 10. The Balaban J connectivity index is 2.19. The largest absolute Gasteiger partial charge is 0.378 e. The Morgan fingerprint density at radius 1 is 0.964 bits per heavy atom. The first-order chi connectivity index (χ1) is 13.5. The number of anilines is 2. The molecule has 0 aromatic heterocycles. The molecule has 1 N–H and O–H groups in total. The van der Waals surface area contributed by atoms with Gasteiger partial charge in [0.2, 0.25) is 0 Å². The summed E-state index contributed by atoms with van der Waals surface area (Å²) in [6, 6.07) is 17.2. The van der Waals surface area contributed by atoms with Crippen LogP contribution in [0.3, 0.4) is 0 Å². The van der Waals surface area contributed by atoms with Crippen LogP contribution in [0, 0.1) is 0 Å². The Hall–Kier alpha value is -2.88. The zero-order chi connectivity index (χ0) is 20.4. The smallest absolute Gasteiger partial charge is 0.252 e. The van der Waals surface area contributed by atoms with Crippen LogP contribution in [-0.2, 0) is 9.59 Å². The van der Waals surface area contributed by atoms with Crippen molar-refractivity contribution >= 4 is 29.1 Å². The zero-order valence-electron chi connectivity index (χ0n) is 17.1. The highest BCUT2D eigenvalue weighted by Crippen LogP contribution is 2.18. The first-order valence-electron chi connectivity index (χ1n) is 9.85. The molecule has 0 bridgehead atoms. The summed E-state index contributed by atoms with van der Waals surface area (Å²) >= 11 is 0. The van der Waals surface area contributed by atoms with Gasteiger partial charge in [-0.25, -0.2) is 0 Å². The normalized spacial score (nSPS) is 11.2. The number of Topliss-reactive ketones (excluding diaryl/α,β-unsaturated/α-hetero) is 1. The molecule has 1 amide bonds. The summed E-state index contributed by atoms with van der Waals surface area (Å²) in [5.41, 5.74) is 3.20. The van der Waals surface area contributed by atoms with Crippen LogP contribution in [0.15, 0.2) is 60.2 Å². The molecule has 28 heavy (non-hydrogen) atoms. The maximum absolute atomic E-state index is 12.8. The summed E-state index contributed by atoms with van der Waals surface area (Å²) in [6.45, 7) is 2.11. The highest BCUT2D eigenvalue weighted by molar-refractivity contribution is 6.09. The third-order valence-corrected chi connectivity index (χ3v) is 4.52. The predicted octanol–water partition coefficient (Wildman–Crippen LogP) is 5.31. The molecule has 0 atom stereocenters. The Kier molecular flexibility index (Phi) is 8.47. The molecule has 0 fully saturated rings. The molecule has 0 heterocycles. The van der Waals surface area contributed by atoms with E-state index in [0.29, 0.717) is 12.0 Å². The maximum atomic E-state index is 12.8. The Morgan fingerprint density at radius 2 is 1.64 bits per heavy atom. The predicted molar refractivity (Wildman–Crippen MR) is 118 cm³/mol. The average Bonchev–Trinajstić information content (AvgIpc) is 2.69. The Morgan fingerprint density at radius 3 is 2.25 bits per heavy atom. The third kappa shape index (κ3) is 7.03. The highest BCUT2D eigenvalue weighted by atomic mass is 16.2. The van der Waals surface area contributed by atoms with E-state index in [0.717, 1.165) is 36.2 Å². The molecule has 0 unspecified atom stereocenters. The van der Waals surface area contributed by atoms with Crippen LogP contribution >= 0.6 is 0 Å². The van der Waals surface area contributed by atoms with Gasteiger partial charge in [0, 0.05) is 43.9 Å². The lowest BCUT2D eigenvalue weighted by molar-refractivity contribution is -0.120. The van der Waals surface area contributed by atoms with Crippen molar-refractivity contribution in [2.45, 2.75) is 39.0 Å². The molecule has 0 aliphatic carbocycles. The second-order valence-corrected chi connectivity index (χ2v) is 7.15. The SMILES string of the molecule is CCCCCC(=O)C/C(=C\c1ccc(N(C)C)cc1)C(=O)Nc1ccccc1. The van der Waals surface area contributed by atoms with Crippen molar-refractivity contribution in [2.24, 2.45) is 0 Å². The molecule has 0 radical (unpaired) electrons. The van der Waals surface area contributed by atoms with E-state index >= 15 is 0 Å². The Bertz CT molecular complexity index is 793. The quantitative estimate of drug-likeness (QED) is 0.450. The van der Waals surface area contributed by atoms with Gasteiger partial charge >= 0.3 is 0 Å². The minimum absolute atomic E-state index is 0.104. The number of nitrogens with zero attached hydrogens (tertiary/aromatic N) is 1. The lowest BCUT2D eigenvalue weighted by Gasteiger charge is -2.12. The number of carbonyl (C=O) groups is 2. The first kappa shape index (κ1) is 21.4. The molecular formula is C24H30N2O2. The van der Waals surface area contributed by atoms with Gasteiger partial charge in [-0.05, 0) is 42.3 Å². The minimum atomic E-state index is -0.230. The average molecular weight is 379 g/mol. The molecule has 148 valence electrons. The second-order valence-electron chi connectivity index (χ2n) is 7.15. The van der Waals surface area contributed by atoms with Gasteiger partial charge in [0.05, 0.1) is 0 Å². The van der Waals surface area contributed by atoms with Crippen molar-refractivity contribution < 1.29 is 9.59 Å². The van der Waals surface area contributed by atoms with E-state index in [1.807, 2.05) is 79.7 Å². The van der Waals surface area contributed by atoms with Crippen molar-refractivity contribution in [1.82, 2.24) is 0 Å². The summed E-state index contributed by atoms with van der Waals surface area (Å²) in [6.07, 6.45) is 5.47. The zero-order valence-corrected chi connectivity index (χ0v) is 17.1. The van der Waals surface area contributed by atoms with Crippen LogP contribution in [0.2, 0.25) is 0 Å². The summed E-state index contributed by atoms with van der Waals surface area (Å²) in [7, 11) is 3.97. The minimum Gasteiger partial charge on any atom is -0.378 e. The fourth-order valence-electron chi connectivity index (χ4n) is 2.87. The van der Waals surface area contributed by atoms with Gasteiger partial charge in [-0.3, -0.25) is 9.59 Å². The van der Waals surface area contributed by atoms with E-state index in [-0.39, 0.29) is 18.1 Å². The molecule has 0 spiro atoms. The molecule has 4 nitrogen and oxygen atoms in total. The fourth-order valence-corrected chi connectivity index (χ4v) is 2.87. The summed E-state index contributed by atoms with van der Waals surface area (Å²) in [4.78, 5) is 27.2. The standard InChI is InChI=1S/C24H30N2O2/c1-4-5-7-12-23(27)18-20(24(28)25-21-10-8-6-9-11-21)17-19-13-15-22(16-14-19)26(2)3/h6,8-11,13-17H,4-5,7,12,18H2,1-3H3,(H,25,28)/b20-17+. The van der Waals surface area contributed by atoms with Crippen molar-refractivity contribution in [3.8, 4) is 0 Å². The summed E-state index contributed by atoms with van der Waals surface area (Å²) < 4.78 is 0. The monoisotopic (exact) mass is 378 g/mol. The van der Waals surface area contributed by atoms with E-state index in [4.69, 9.17) is 0 Å². The number of hydrogen-bond acceptors (Lipinski definition) is 3. The fraction of sp³-hybridized carbons (Fsp3) is 0.333. The second kappa shape index (κ2) is 11.1. The number of hydrogen-bond donors (Lipinski definition) is 1. The van der Waals surface area contributed by atoms with Gasteiger partial charge in [-0.2, -0.15) is 0 Å². The van der Waals surface area contributed by atoms with Crippen LogP contribution in [-0.4, -0.2) is 25.8 Å². The number of amides is 1. The van der Waals surface area contributed by atoms with Gasteiger partial charge in [0.25, 0.3) is 5.91 Å². The maximum Gasteiger partial charge on any atom is 0.252 e. The van der Waals surface area contributed by atoms with Gasteiger partial charge in [-0.1, -0.05) is 50.1 Å². The molecule has 2 aromatic carbocycles. The van der Waals surface area contributed by atoms with E-state index in [2.05, 4.69) is 12.2 Å². The lowest BCUT2D eigenvalue weighted by atomic mass is 10.0. The lowest BCUT2D eigenvalue weighted by Crippen LogP contribution is -2.17. The molecule has 0 saturated carbocycles. The first-order valence-corrected chi connectivity index (χ1v) is 9.85. The topological polar surface area (TPSA) is 49.4 Å². The van der Waals surface area contributed by atoms with Gasteiger partial charge in [-0.15, -0.1) is 0 Å². The molecule has 0 saturated heterocycles. The number of benzene rings is 2. The van der Waals surface area contributed by atoms with E-state index in [1.54, 1.807) is 0 Å². The van der Waals surface area contributed by atoms with Gasteiger partial charge < -0.3 is 10.2 Å². The molecule has 0 aliphatic heterocycles. The summed E-state index contributed by atoms with van der Waals surface area (Å²) in [5, 5.41) is 2.90. The van der Waals surface area contributed by atoms with Crippen LogP contribution in [0.4, 0.5) is 11.4 Å². The molecule has 2 aromatic rings. The van der Waals surface area contributed by atoms with E-state index < -0.39 is 0 Å². The van der Waals surface area contributed by atoms with Crippen molar-refractivity contribution in [3.63, 3.8) is 0 Å². The number of nitrogens with one attached hydrogen (secondary N) is 1. The van der Waals surface area contributed by atoms with E-state index in [1.165, 1.54) is 0 Å². The van der Waals surface area contributed by atoms with Gasteiger partial charge in [0.15, 0.2) is 0 Å². The number of ketones is 1. The molecular weight excluding hydrogens is 348 g/mol. The number of carbonyl (C=O) groups excluding carboxylic acids is 2. The molecule has 2 rings (SSSR count). The van der Waals surface area contributed by atoms with Crippen LogP contribution < -0.4 is 10.2 Å². The van der Waals surface area contributed by atoms with Crippen LogP contribution in [0.25, 0.3) is 6.08 Å². The highest BCUT2D eigenvalue weighted by Gasteiger charge is 2.14.